The quantitative estimate of drug-likeness (QED) is 0.278. The number of benzene rings is 2. The molecule has 0 aliphatic rings. The smallest absolute Gasteiger partial charge is 0.203 e. The van der Waals surface area contributed by atoms with Gasteiger partial charge in [0.25, 0.3) is 0 Å². The third-order valence-corrected chi connectivity index (χ3v) is 4.30. The van der Waals surface area contributed by atoms with Gasteiger partial charge in [0.1, 0.15) is 28.3 Å². The molecule has 0 saturated heterocycles. The summed E-state index contributed by atoms with van der Waals surface area (Å²) in [4.78, 5) is 17.0. The summed E-state index contributed by atoms with van der Waals surface area (Å²) in [5.74, 6) is 0.795. The summed E-state index contributed by atoms with van der Waals surface area (Å²) in [5, 5.41) is 10.5. The van der Waals surface area contributed by atoms with Crippen molar-refractivity contribution < 1.29 is 14.3 Å². The molecule has 3 rings (SSSR count). The summed E-state index contributed by atoms with van der Waals surface area (Å²) in [6, 6.07) is 15.7. The number of nitriles is 1. The zero-order valence-corrected chi connectivity index (χ0v) is 15.4. The van der Waals surface area contributed by atoms with Crippen LogP contribution in [0.4, 0.5) is 0 Å². The van der Waals surface area contributed by atoms with Gasteiger partial charge in [0, 0.05) is 16.5 Å². The molecule has 3 aromatic rings. The Morgan fingerprint density at radius 3 is 2.56 bits per heavy atom. The van der Waals surface area contributed by atoms with Crippen molar-refractivity contribution >= 4 is 34.4 Å². The largest absolute Gasteiger partial charge is 0.497 e. The summed E-state index contributed by atoms with van der Waals surface area (Å²) < 4.78 is 10.3. The molecule has 1 aromatic heterocycles. The molecule has 0 fully saturated rings. The highest BCUT2D eigenvalue weighted by atomic mass is 35.5. The van der Waals surface area contributed by atoms with E-state index in [1.807, 2.05) is 12.1 Å². The van der Waals surface area contributed by atoms with Crippen molar-refractivity contribution in [1.29, 1.82) is 5.26 Å². The average molecular weight is 379 g/mol. The fourth-order valence-corrected chi connectivity index (χ4v) is 2.80. The van der Waals surface area contributed by atoms with E-state index in [-0.39, 0.29) is 10.7 Å². The fraction of sp³-hybridized carbons (Fsp3) is 0.0952. The molecule has 0 bridgehead atoms. The zero-order valence-electron chi connectivity index (χ0n) is 14.7. The number of fused-ring (bicyclic) bond motifs is 1. The summed E-state index contributed by atoms with van der Waals surface area (Å²) in [6.45, 7) is 0. The van der Waals surface area contributed by atoms with Gasteiger partial charge in [-0.25, -0.2) is 4.98 Å². The SMILES string of the molecule is COc1cccc(C(=O)/C(C#N)=C/c2cc3cc(OC)ccc3nc2Cl)c1. The second kappa shape index (κ2) is 7.90. The van der Waals surface area contributed by atoms with Crippen LogP contribution in [0.15, 0.2) is 54.1 Å². The Morgan fingerprint density at radius 1 is 1.11 bits per heavy atom. The molecule has 6 heteroatoms. The van der Waals surface area contributed by atoms with Crippen LogP contribution >= 0.6 is 11.6 Å². The topological polar surface area (TPSA) is 72.2 Å². The molecule has 5 nitrogen and oxygen atoms in total. The van der Waals surface area contributed by atoms with Crippen molar-refractivity contribution in [2.24, 2.45) is 0 Å². The van der Waals surface area contributed by atoms with Crippen LogP contribution in [0.1, 0.15) is 15.9 Å². The number of methoxy groups -OCH3 is 2. The molecule has 0 amide bonds. The van der Waals surface area contributed by atoms with Crippen molar-refractivity contribution in [2.75, 3.05) is 14.2 Å². The lowest BCUT2D eigenvalue weighted by Gasteiger charge is -2.06. The predicted octanol–water partition coefficient (Wildman–Crippen LogP) is 4.70. The first-order valence-corrected chi connectivity index (χ1v) is 8.38. The van der Waals surface area contributed by atoms with E-state index in [1.54, 1.807) is 49.6 Å². The van der Waals surface area contributed by atoms with Gasteiger partial charge in [-0.3, -0.25) is 4.79 Å². The number of halogens is 1. The fourth-order valence-electron chi connectivity index (χ4n) is 2.60. The molecule has 0 N–H and O–H groups in total. The minimum Gasteiger partial charge on any atom is -0.497 e. The molecule has 2 aromatic carbocycles. The van der Waals surface area contributed by atoms with Crippen LogP contribution < -0.4 is 9.47 Å². The molecule has 0 radical (unpaired) electrons. The van der Waals surface area contributed by atoms with Gasteiger partial charge in [0.05, 0.1) is 19.7 Å². The van der Waals surface area contributed by atoms with E-state index in [4.69, 9.17) is 21.1 Å². The van der Waals surface area contributed by atoms with E-state index in [9.17, 15) is 10.1 Å². The lowest BCUT2D eigenvalue weighted by Crippen LogP contribution is -2.02. The number of rotatable bonds is 5. The average Bonchev–Trinajstić information content (AvgIpc) is 2.71. The Balaban J connectivity index is 2.05. The Hall–Kier alpha value is -3.36. The first-order chi connectivity index (χ1) is 13.0. The molecular weight excluding hydrogens is 364 g/mol. The number of aromatic nitrogens is 1. The maximum Gasteiger partial charge on any atom is 0.203 e. The summed E-state index contributed by atoms with van der Waals surface area (Å²) in [6.07, 6.45) is 1.44. The second-order valence-corrected chi connectivity index (χ2v) is 6.02. The Bertz CT molecular complexity index is 1100. The Morgan fingerprint density at radius 2 is 1.85 bits per heavy atom. The standard InChI is InChI=1S/C21H15ClN2O3/c1-26-17-5-3-4-13(10-17)20(25)16(12-23)9-15-8-14-11-18(27-2)6-7-19(14)24-21(15)22/h3-11H,1-2H3/b16-9+. The van der Waals surface area contributed by atoms with Crippen molar-refractivity contribution in [2.45, 2.75) is 0 Å². The van der Waals surface area contributed by atoms with Crippen LogP contribution in [0.5, 0.6) is 11.5 Å². The zero-order chi connectivity index (χ0) is 19.4. The van der Waals surface area contributed by atoms with Crippen LogP contribution in [0.2, 0.25) is 5.15 Å². The molecule has 0 aliphatic carbocycles. The molecule has 134 valence electrons. The van der Waals surface area contributed by atoms with Gasteiger partial charge in [0.15, 0.2) is 0 Å². The number of ketones is 1. The van der Waals surface area contributed by atoms with E-state index in [2.05, 4.69) is 4.98 Å². The first kappa shape index (κ1) is 18.4. The van der Waals surface area contributed by atoms with Crippen LogP contribution in [0.25, 0.3) is 17.0 Å². The van der Waals surface area contributed by atoms with Gasteiger partial charge in [-0.2, -0.15) is 5.26 Å². The predicted molar refractivity (Wildman–Crippen MR) is 104 cm³/mol. The van der Waals surface area contributed by atoms with Crippen molar-refractivity contribution in [3.8, 4) is 17.6 Å². The summed E-state index contributed by atoms with van der Waals surface area (Å²) >= 11 is 6.25. The molecule has 27 heavy (non-hydrogen) atoms. The van der Waals surface area contributed by atoms with Crippen molar-refractivity contribution in [1.82, 2.24) is 4.98 Å². The van der Waals surface area contributed by atoms with Gasteiger partial charge >= 0.3 is 0 Å². The van der Waals surface area contributed by atoms with E-state index < -0.39 is 5.78 Å². The number of hydrogen-bond donors (Lipinski definition) is 0. The third-order valence-electron chi connectivity index (χ3n) is 4.00. The molecule has 1 heterocycles. The third kappa shape index (κ3) is 3.91. The van der Waals surface area contributed by atoms with Crippen molar-refractivity contribution in [3.05, 3.63) is 70.4 Å². The van der Waals surface area contributed by atoms with Crippen LogP contribution in [0.3, 0.4) is 0 Å². The normalized spacial score (nSPS) is 11.1. The van der Waals surface area contributed by atoms with E-state index in [0.717, 1.165) is 5.39 Å². The van der Waals surface area contributed by atoms with Gasteiger partial charge in [-0.1, -0.05) is 23.7 Å². The van der Waals surface area contributed by atoms with E-state index in [1.165, 1.54) is 13.2 Å². The van der Waals surface area contributed by atoms with Gasteiger partial charge in [-0.15, -0.1) is 0 Å². The molecular formula is C21H15ClN2O3. The number of carbonyl (C=O) groups excluding carboxylic acids is 1. The van der Waals surface area contributed by atoms with E-state index >= 15 is 0 Å². The minimum atomic E-state index is -0.418. The van der Waals surface area contributed by atoms with Gasteiger partial charge in [-0.05, 0) is 42.5 Å². The Labute approximate surface area is 161 Å². The lowest BCUT2D eigenvalue weighted by atomic mass is 10.0. The number of ether oxygens (including phenoxy) is 2. The maximum absolute atomic E-state index is 12.7. The molecule has 0 spiro atoms. The molecule has 0 saturated carbocycles. The number of pyridine rings is 1. The number of Topliss-reactive ketones (excluding diaryl/α,β-unsaturated/α-hetero) is 1. The van der Waals surface area contributed by atoms with Gasteiger partial charge in [0.2, 0.25) is 5.78 Å². The number of allylic oxidation sites excluding steroid dienone is 1. The summed E-state index contributed by atoms with van der Waals surface area (Å²) in [7, 11) is 3.09. The summed E-state index contributed by atoms with van der Waals surface area (Å²) in [5.41, 5.74) is 1.48. The monoisotopic (exact) mass is 378 g/mol. The van der Waals surface area contributed by atoms with E-state index in [0.29, 0.717) is 28.1 Å². The Kier molecular flexibility index (Phi) is 5.39. The molecule has 0 atom stereocenters. The number of hydrogen-bond acceptors (Lipinski definition) is 5. The molecule has 0 unspecified atom stereocenters. The van der Waals surface area contributed by atoms with Crippen LogP contribution in [-0.2, 0) is 0 Å². The highest BCUT2D eigenvalue weighted by Crippen LogP contribution is 2.26. The van der Waals surface area contributed by atoms with Crippen LogP contribution in [-0.4, -0.2) is 25.0 Å². The highest BCUT2D eigenvalue weighted by molar-refractivity contribution is 6.31. The minimum absolute atomic E-state index is 0.0470. The highest BCUT2D eigenvalue weighted by Gasteiger charge is 2.14. The lowest BCUT2D eigenvalue weighted by molar-refractivity contribution is 0.103. The second-order valence-electron chi connectivity index (χ2n) is 5.66. The maximum atomic E-state index is 12.7. The van der Waals surface area contributed by atoms with Crippen LogP contribution in [0, 0.1) is 11.3 Å². The number of carbonyl (C=O) groups is 1. The molecule has 0 aliphatic heterocycles. The van der Waals surface area contributed by atoms with Gasteiger partial charge < -0.3 is 9.47 Å². The van der Waals surface area contributed by atoms with Crippen molar-refractivity contribution in [3.63, 3.8) is 0 Å². The first-order valence-electron chi connectivity index (χ1n) is 8.00. The number of nitrogens with zero attached hydrogens (tertiary/aromatic N) is 2.